The van der Waals surface area contributed by atoms with Crippen LogP contribution < -0.4 is 16.4 Å². The van der Waals surface area contributed by atoms with E-state index in [1.54, 1.807) is 31.2 Å². The Morgan fingerprint density at radius 2 is 1.74 bits per heavy atom. The average molecular weight is 460 g/mol. The van der Waals surface area contributed by atoms with Crippen molar-refractivity contribution in [2.75, 3.05) is 11.9 Å². The summed E-state index contributed by atoms with van der Waals surface area (Å²) in [6.45, 7) is 3.82. The highest BCUT2D eigenvalue weighted by Crippen LogP contribution is 2.46. The molecule has 1 aliphatic rings. The molecule has 0 bridgehead atoms. The lowest BCUT2D eigenvalue weighted by Gasteiger charge is -2.21. The third kappa shape index (κ3) is 5.39. The number of carbonyl (C=O) groups is 3. The Morgan fingerprint density at radius 1 is 1.10 bits per heavy atom. The highest BCUT2D eigenvalue weighted by atomic mass is 35.5. The fourth-order valence-corrected chi connectivity index (χ4v) is 4.54. The number of amides is 3. The Bertz CT molecular complexity index is 1020. The van der Waals surface area contributed by atoms with Gasteiger partial charge in [0.05, 0.1) is 17.2 Å². The van der Waals surface area contributed by atoms with Crippen LogP contribution in [0.25, 0.3) is 0 Å². The molecule has 4 N–H and O–H groups in total. The topological polar surface area (TPSA) is 111 Å². The van der Waals surface area contributed by atoms with Crippen LogP contribution in [0.15, 0.2) is 59.1 Å². The third-order valence-electron chi connectivity index (χ3n) is 4.66. The van der Waals surface area contributed by atoms with Crippen LogP contribution in [-0.2, 0) is 14.3 Å². The minimum absolute atomic E-state index is 0.182. The first kappa shape index (κ1) is 22.7. The summed E-state index contributed by atoms with van der Waals surface area (Å²) in [4.78, 5) is 37.9. The van der Waals surface area contributed by atoms with E-state index in [1.165, 1.54) is 0 Å². The van der Waals surface area contributed by atoms with Gasteiger partial charge in [-0.05, 0) is 43.7 Å². The summed E-state index contributed by atoms with van der Waals surface area (Å²) in [6, 6.07) is 13.2. The molecule has 0 radical (unpaired) electrons. The fourth-order valence-electron chi connectivity index (χ4n) is 3.21. The maximum Gasteiger partial charge on any atom is 0.337 e. The standard InChI is InChI=1S/C22H22ClN3O4S/c1-3-30-21(28)17-16(13-6-4-12(2)5-7-13)18(31-19(17)24)20(27)26-22(29)25-15-10-8-14(23)9-11-15/h4-11,16,18H,3,24H2,1-2H3,(H2,25,26,27,29). The zero-order chi connectivity index (χ0) is 22.5. The zero-order valence-electron chi connectivity index (χ0n) is 17.0. The quantitative estimate of drug-likeness (QED) is 0.584. The number of anilines is 1. The highest BCUT2D eigenvalue weighted by Gasteiger charge is 2.44. The second-order valence-electron chi connectivity index (χ2n) is 6.88. The molecule has 2 atom stereocenters. The Hall–Kier alpha value is -2.97. The Balaban J connectivity index is 1.81. The molecular formula is C22H22ClN3O4S. The molecule has 0 saturated heterocycles. The first-order valence-corrected chi connectivity index (χ1v) is 10.8. The van der Waals surface area contributed by atoms with Gasteiger partial charge >= 0.3 is 12.0 Å². The number of esters is 1. The van der Waals surface area contributed by atoms with Gasteiger partial charge in [0.25, 0.3) is 0 Å². The van der Waals surface area contributed by atoms with Crippen molar-refractivity contribution < 1.29 is 19.1 Å². The molecule has 0 fully saturated rings. The van der Waals surface area contributed by atoms with Gasteiger partial charge in [-0.15, -0.1) is 0 Å². The number of nitrogens with one attached hydrogen (secondary N) is 2. The highest BCUT2D eigenvalue weighted by molar-refractivity contribution is 8.04. The van der Waals surface area contributed by atoms with E-state index in [0.29, 0.717) is 10.7 Å². The number of ether oxygens (including phenoxy) is 1. The number of benzene rings is 2. The molecule has 7 nitrogen and oxygen atoms in total. The molecule has 31 heavy (non-hydrogen) atoms. The van der Waals surface area contributed by atoms with Crippen molar-refractivity contribution in [3.05, 3.63) is 75.3 Å². The van der Waals surface area contributed by atoms with Crippen molar-refractivity contribution in [1.82, 2.24) is 5.32 Å². The largest absolute Gasteiger partial charge is 0.463 e. The molecule has 0 aromatic heterocycles. The van der Waals surface area contributed by atoms with Crippen molar-refractivity contribution in [1.29, 1.82) is 0 Å². The van der Waals surface area contributed by atoms with E-state index in [2.05, 4.69) is 10.6 Å². The van der Waals surface area contributed by atoms with Gasteiger partial charge in [0.2, 0.25) is 5.91 Å². The third-order valence-corrected chi connectivity index (χ3v) is 6.13. The summed E-state index contributed by atoms with van der Waals surface area (Å²) < 4.78 is 5.16. The molecule has 0 saturated carbocycles. The maximum atomic E-state index is 13.0. The zero-order valence-corrected chi connectivity index (χ0v) is 18.5. The van der Waals surface area contributed by atoms with Gasteiger partial charge < -0.3 is 15.8 Å². The van der Waals surface area contributed by atoms with Gasteiger partial charge in [0.15, 0.2) is 0 Å². The minimum Gasteiger partial charge on any atom is -0.463 e. The number of rotatable bonds is 5. The molecule has 0 aliphatic carbocycles. The second-order valence-corrected chi connectivity index (χ2v) is 8.50. The number of nitrogens with two attached hydrogens (primary N) is 1. The van der Waals surface area contributed by atoms with Crippen molar-refractivity contribution >= 4 is 47.0 Å². The van der Waals surface area contributed by atoms with Crippen LogP contribution in [0.1, 0.15) is 24.0 Å². The van der Waals surface area contributed by atoms with E-state index >= 15 is 0 Å². The molecule has 1 heterocycles. The molecule has 2 unspecified atom stereocenters. The molecule has 9 heteroatoms. The van der Waals surface area contributed by atoms with Crippen LogP contribution in [0, 0.1) is 6.92 Å². The molecular weight excluding hydrogens is 438 g/mol. The lowest BCUT2D eigenvalue weighted by molar-refractivity contribution is -0.138. The van der Waals surface area contributed by atoms with Gasteiger partial charge in [0.1, 0.15) is 5.25 Å². The van der Waals surface area contributed by atoms with Crippen molar-refractivity contribution in [3.63, 3.8) is 0 Å². The Kier molecular flexibility index (Phi) is 7.25. The number of halogens is 1. The number of thioether (sulfide) groups is 1. The van der Waals surface area contributed by atoms with E-state index in [9.17, 15) is 14.4 Å². The van der Waals surface area contributed by atoms with Crippen molar-refractivity contribution in [3.8, 4) is 0 Å². The van der Waals surface area contributed by atoms with Crippen LogP contribution in [-0.4, -0.2) is 29.8 Å². The lowest BCUT2D eigenvalue weighted by Crippen LogP contribution is -2.41. The summed E-state index contributed by atoms with van der Waals surface area (Å²) in [7, 11) is 0. The van der Waals surface area contributed by atoms with Crippen molar-refractivity contribution in [2.45, 2.75) is 25.0 Å². The lowest BCUT2D eigenvalue weighted by atomic mass is 9.87. The van der Waals surface area contributed by atoms with Gasteiger partial charge in [-0.1, -0.05) is 53.2 Å². The van der Waals surface area contributed by atoms with Gasteiger partial charge in [-0.2, -0.15) is 0 Å². The average Bonchev–Trinajstić information content (AvgIpc) is 3.08. The summed E-state index contributed by atoms with van der Waals surface area (Å²) in [5.41, 5.74) is 8.59. The number of imide groups is 1. The molecule has 2 aromatic carbocycles. The first-order chi connectivity index (χ1) is 14.8. The smallest absolute Gasteiger partial charge is 0.337 e. The van der Waals surface area contributed by atoms with E-state index in [0.717, 1.165) is 22.9 Å². The summed E-state index contributed by atoms with van der Waals surface area (Å²) in [6.07, 6.45) is 0. The molecule has 0 spiro atoms. The van der Waals surface area contributed by atoms with Crippen LogP contribution >= 0.6 is 23.4 Å². The van der Waals surface area contributed by atoms with Crippen LogP contribution in [0.5, 0.6) is 0 Å². The SMILES string of the molecule is CCOC(=O)C1=C(N)SC(C(=O)NC(=O)Nc2ccc(Cl)cc2)C1c1ccc(C)cc1. The van der Waals surface area contributed by atoms with Crippen molar-refractivity contribution in [2.24, 2.45) is 5.73 Å². The van der Waals surface area contributed by atoms with E-state index in [-0.39, 0.29) is 17.2 Å². The molecule has 3 amide bonds. The molecule has 1 aliphatic heterocycles. The van der Waals surface area contributed by atoms with E-state index < -0.39 is 29.1 Å². The number of aryl methyl sites for hydroxylation is 1. The number of hydrogen-bond donors (Lipinski definition) is 3. The van der Waals surface area contributed by atoms with Gasteiger partial charge in [-0.25, -0.2) is 9.59 Å². The Morgan fingerprint density at radius 3 is 2.35 bits per heavy atom. The maximum absolute atomic E-state index is 13.0. The molecule has 3 rings (SSSR count). The normalized spacial score (nSPS) is 17.9. The predicted molar refractivity (Wildman–Crippen MR) is 122 cm³/mol. The van der Waals surface area contributed by atoms with Gasteiger partial charge in [-0.3, -0.25) is 10.1 Å². The Labute approximate surface area is 189 Å². The van der Waals surface area contributed by atoms with Gasteiger partial charge in [0, 0.05) is 16.6 Å². The van der Waals surface area contributed by atoms with Crippen LogP contribution in [0.4, 0.5) is 10.5 Å². The second kappa shape index (κ2) is 9.89. The van der Waals surface area contributed by atoms with E-state index in [1.807, 2.05) is 31.2 Å². The number of carbonyl (C=O) groups excluding carboxylic acids is 3. The monoisotopic (exact) mass is 459 g/mol. The first-order valence-electron chi connectivity index (χ1n) is 9.57. The number of hydrogen-bond acceptors (Lipinski definition) is 6. The minimum atomic E-state index is -0.807. The summed E-state index contributed by atoms with van der Waals surface area (Å²) in [5, 5.41) is 4.84. The van der Waals surface area contributed by atoms with Crippen LogP contribution in [0.3, 0.4) is 0 Å². The predicted octanol–water partition coefficient (Wildman–Crippen LogP) is 3.93. The summed E-state index contributed by atoms with van der Waals surface area (Å²) >= 11 is 6.88. The number of urea groups is 1. The van der Waals surface area contributed by atoms with E-state index in [4.69, 9.17) is 22.1 Å². The molecule has 162 valence electrons. The fraction of sp³-hybridized carbons (Fsp3) is 0.227. The summed E-state index contributed by atoms with van der Waals surface area (Å²) in [5.74, 6) is -1.78. The van der Waals surface area contributed by atoms with Crippen LogP contribution in [0.2, 0.25) is 5.02 Å². The molecule has 2 aromatic rings.